The van der Waals surface area contributed by atoms with Gasteiger partial charge in [-0.1, -0.05) is 0 Å². The van der Waals surface area contributed by atoms with Crippen molar-refractivity contribution in [3.8, 4) is 0 Å². The van der Waals surface area contributed by atoms with Crippen molar-refractivity contribution in [3.05, 3.63) is 0 Å². The molecule has 2 heterocycles. The first-order valence-corrected chi connectivity index (χ1v) is 8.69. The summed E-state index contributed by atoms with van der Waals surface area (Å²) in [6.45, 7) is 3.20. The van der Waals surface area contributed by atoms with Gasteiger partial charge in [0.2, 0.25) is 0 Å². The zero-order valence-corrected chi connectivity index (χ0v) is 13.7. The van der Waals surface area contributed by atoms with Gasteiger partial charge in [0, 0.05) is 24.4 Å². The number of carbonyl (C=O) groups excluding carboxylic acids is 1. The molecular formula is C14H24F3N3OS. The lowest BCUT2D eigenvalue weighted by atomic mass is 10.1. The maximum Gasteiger partial charge on any atom is 0.401 e. The first-order chi connectivity index (χ1) is 10.3. The number of nitrogens with one attached hydrogen (secondary N) is 2. The summed E-state index contributed by atoms with van der Waals surface area (Å²) < 4.78 is 37.0. The van der Waals surface area contributed by atoms with Gasteiger partial charge in [-0.2, -0.15) is 24.9 Å². The lowest BCUT2D eigenvalue weighted by molar-refractivity contribution is -0.143. The maximum absolute atomic E-state index is 12.3. The van der Waals surface area contributed by atoms with Crippen LogP contribution in [-0.4, -0.2) is 60.3 Å². The molecule has 0 bridgehead atoms. The second-order valence-electron chi connectivity index (χ2n) is 6.47. The van der Waals surface area contributed by atoms with Crippen molar-refractivity contribution < 1.29 is 18.0 Å². The van der Waals surface area contributed by atoms with Crippen LogP contribution >= 0.6 is 11.8 Å². The third-order valence-corrected chi connectivity index (χ3v) is 5.79. The van der Waals surface area contributed by atoms with Gasteiger partial charge in [0.15, 0.2) is 0 Å². The van der Waals surface area contributed by atoms with Crippen LogP contribution in [0.2, 0.25) is 0 Å². The van der Waals surface area contributed by atoms with E-state index in [1.54, 1.807) is 0 Å². The van der Waals surface area contributed by atoms with Gasteiger partial charge < -0.3 is 10.6 Å². The van der Waals surface area contributed by atoms with Crippen molar-refractivity contribution in [3.63, 3.8) is 0 Å². The molecule has 128 valence electrons. The minimum Gasteiger partial charge on any atom is -0.338 e. The van der Waals surface area contributed by atoms with Gasteiger partial charge in [0.1, 0.15) is 0 Å². The first kappa shape index (κ1) is 17.7. The van der Waals surface area contributed by atoms with Crippen LogP contribution in [0, 0.1) is 5.92 Å². The number of nitrogens with zero attached hydrogens (tertiary/aromatic N) is 1. The standard InChI is InChI=1S/C14H24F3N3OS/c1-13(4-2-6-22-13)9-19-12(21)18-7-11-3-5-20(8-11)10-14(15,16)17/h11H,2-10H2,1H3,(H2,18,19,21)/t11-,13+/m1/s1. The molecule has 2 amide bonds. The quantitative estimate of drug-likeness (QED) is 0.809. The fourth-order valence-corrected chi connectivity index (χ4v) is 4.26. The summed E-state index contributed by atoms with van der Waals surface area (Å²) in [4.78, 5) is 13.2. The number of rotatable bonds is 5. The van der Waals surface area contributed by atoms with Crippen LogP contribution in [0.3, 0.4) is 0 Å². The molecule has 2 aliphatic rings. The molecule has 0 aromatic carbocycles. The molecule has 2 atom stereocenters. The summed E-state index contributed by atoms with van der Waals surface area (Å²) >= 11 is 1.88. The number of likely N-dealkylation sites (tertiary alicyclic amines) is 1. The highest BCUT2D eigenvalue weighted by atomic mass is 32.2. The number of urea groups is 1. The van der Waals surface area contributed by atoms with E-state index >= 15 is 0 Å². The number of carbonyl (C=O) groups is 1. The largest absolute Gasteiger partial charge is 0.401 e. The molecule has 0 spiro atoms. The van der Waals surface area contributed by atoms with Crippen molar-refractivity contribution in [2.24, 2.45) is 5.92 Å². The number of alkyl halides is 3. The van der Waals surface area contributed by atoms with Gasteiger partial charge in [-0.15, -0.1) is 0 Å². The highest BCUT2D eigenvalue weighted by molar-refractivity contribution is 8.00. The monoisotopic (exact) mass is 339 g/mol. The van der Waals surface area contributed by atoms with Gasteiger partial charge >= 0.3 is 12.2 Å². The highest BCUT2D eigenvalue weighted by Gasteiger charge is 2.34. The fourth-order valence-electron chi connectivity index (χ4n) is 3.02. The number of hydrogen-bond acceptors (Lipinski definition) is 3. The maximum atomic E-state index is 12.3. The summed E-state index contributed by atoms with van der Waals surface area (Å²) in [7, 11) is 0. The summed E-state index contributed by atoms with van der Waals surface area (Å²) in [5, 5.41) is 5.66. The molecule has 2 fully saturated rings. The average Bonchev–Trinajstić information content (AvgIpc) is 3.02. The van der Waals surface area contributed by atoms with E-state index in [0.29, 0.717) is 32.6 Å². The molecule has 2 N–H and O–H groups in total. The minimum absolute atomic E-state index is 0.101. The molecular weight excluding hydrogens is 315 g/mol. The lowest BCUT2D eigenvalue weighted by Gasteiger charge is -2.23. The number of halogens is 3. The number of amides is 2. The molecule has 0 radical (unpaired) electrons. The van der Waals surface area contributed by atoms with Crippen LogP contribution in [0.5, 0.6) is 0 Å². The predicted octanol–water partition coefficient (Wildman–Crippen LogP) is 2.46. The molecule has 0 aromatic heterocycles. The van der Waals surface area contributed by atoms with Gasteiger partial charge in [0.05, 0.1) is 6.54 Å². The zero-order valence-electron chi connectivity index (χ0n) is 12.8. The summed E-state index contributed by atoms with van der Waals surface area (Å²) in [5.74, 6) is 1.24. The summed E-state index contributed by atoms with van der Waals surface area (Å²) in [5.41, 5.74) is 0. The van der Waals surface area contributed by atoms with Crippen molar-refractivity contribution in [2.45, 2.75) is 37.1 Å². The van der Waals surface area contributed by atoms with Crippen molar-refractivity contribution in [1.29, 1.82) is 0 Å². The normalized spacial score (nSPS) is 29.7. The Labute approximate surface area is 133 Å². The van der Waals surface area contributed by atoms with E-state index in [0.717, 1.165) is 12.2 Å². The highest BCUT2D eigenvalue weighted by Crippen LogP contribution is 2.36. The third-order valence-electron chi connectivity index (χ3n) is 4.25. The molecule has 22 heavy (non-hydrogen) atoms. The Bertz CT molecular complexity index is 386. The fraction of sp³-hybridized carbons (Fsp3) is 0.929. The second-order valence-corrected chi connectivity index (χ2v) is 8.15. The van der Waals surface area contributed by atoms with E-state index in [4.69, 9.17) is 0 Å². The van der Waals surface area contributed by atoms with Crippen molar-refractivity contribution in [1.82, 2.24) is 15.5 Å². The van der Waals surface area contributed by atoms with Gasteiger partial charge in [0.25, 0.3) is 0 Å². The summed E-state index contributed by atoms with van der Waals surface area (Å²) in [6.07, 6.45) is -1.16. The molecule has 0 unspecified atom stereocenters. The molecule has 2 rings (SSSR count). The van der Waals surface area contributed by atoms with Crippen LogP contribution in [0.25, 0.3) is 0 Å². The Morgan fingerprint density at radius 3 is 2.82 bits per heavy atom. The first-order valence-electron chi connectivity index (χ1n) is 7.71. The molecule has 0 aromatic rings. The van der Waals surface area contributed by atoms with Crippen LogP contribution in [0.1, 0.15) is 26.2 Å². The Morgan fingerprint density at radius 1 is 1.41 bits per heavy atom. The average molecular weight is 339 g/mol. The predicted molar refractivity (Wildman–Crippen MR) is 82.1 cm³/mol. The Balaban J connectivity index is 1.61. The van der Waals surface area contributed by atoms with Crippen LogP contribution in [0.15, 0.2) is 0 Å². The van der Waals surface area contributed by atoms with E-state index < -0.39 is 12.7 Å². The van der Waals surface area contributed by atoms with Gasteiger partial charge in [-0.3, -0.25) is 4.90 Å². The molecule has 0 aliphatic carbocycles. The molecule has 8 heteroatoms. The number of thioether (sulfide) groups is 1. The summed E-state index contributed by atoms with van der Waals surface area (Å²) in [6, 6.07) is -0.219. The number of hydrogen-bond donors (Lipinski definition) is 2. The van der Waals surface area contributed by atoms with E-state index in [2.05, 4.69) is 17.6 Å². The molecule has 2 aliphatic heterocycles. The van der Waals surface area contributed by atoms with Crippen LogP contribution < -0.4 is 10.6 Å². The van der Waals surface area contributed by atoms with E-state index in [-0.39, 0.29) is 16.7 Å². The van der Waals surface area contributed by atoms with E-state index in [9.17, 15) is 18.0 Å². The van der Waals surface area contributed by atoms with E-state index in [1.807, 2.05) is 11.8 Å². The lowest BCUT2D eigenvalue weighted by Crippen LogP contribution is -2.44. The molecule has 2 saturated heterocycles. The molecule has 4 nitrogen and oxygen atoms in total. The minimum atomic E-state index is -4.14. The smallest absolute Gasteiger partial charge is 0.338 e. The van der Waals surface area contributed by atoms with Gasteiger partial charge in [-0.25, -0.2) is 4.79 Å². The molecule has 0 saturated carbocycles. The van der Waals surface area contributed by atoms with Gasteiger partial charge in [-0.05, 0) is 44.4 Å². The SMILES string of the molecule is C[C@@]1(CNC(=O)NC[C@H]2CCN(CC(F)(F)F)C2)CCCS1. The van der Waals surface area contributed by atoms with Crippen LogP contribution in [-0.2, 0) is 0 Å². The Hall–Kier alpha value is -0.630. The topological polar surface area (TPSA) is 44.4 Å². The van der Waals surface area contributed by atoms with Crippen molar-refractivity contribution >= 4 is 17.8 Å². The second kappa shape index (κ2) is 7.29. The van der Waals surface area contributed by atoms with Crippen LogP contribution in [0.4, 0.5) is 18.0 Å². The van der Waals surface area contributed by atoms with Crippen molar-refractivity contribution in [2.75, 3.05) is 38.5 Å². The van der Waals surface area contributed by atoms with E-state index in [1.165, 1.54) is 11.3 Å². The third kappa shape index (κ3) is 5.87. The zero-order chi connectivity index (χ0) is 16.2. The Morgan fingerprint density at radius 2 is 2.18 bits per heavy atom. The Kier molecular flexibility index (Phi) is 5.87.